The zero-order valence-corrected chi connectivity index (χ0v) is 21.8. The van der Waals surface area contributed by atoms with E-state index in [1.165, 1.54) is 0 Å². The Hall–Kier alpha value is -3.92. The lowest BCUT2D eigenvalue weighted by atomic mass is 10.0. The fourth-order valence-electron chi connectivity index (χ4n) is 4.80. The summed E-state index contributed by atoms with van der Waals surface area (Å²) in [6.45, 7) is 7.29. The molecule has 2 aromatic heterocycles. The minimum atomic E-state index is 0.0216. The smallest absolute Gasteiger partial charge is 0.236 e. The van der Waals surface area contributed by atoms with Crippen molar-refractivity contribution in [1.82, 2.24) is 29.7 Å². The summed E-state index contributed by atoms with van der Waals surface area (Å²) < 4.78 is 0. The average molecular weight is 515 g/mol. The molecule has 38 heavy (non-hydrogen) atoms. The monoisotopic (exact) mass is 514 g/mol. The first-order chi connectivity index (χ1) is 18.6. The van der Waals surface area contributed by atoms with Gasteiger partial charge in [0.1, 0.15) is 11.6 Å². The number of pyridine rings is 1. The number of hydrogen-bond acceptors (Lipinski definition) is 9. The summed E-state index contributed by atoms with van der Waals surface area (Å²) in [5.41, 5.74) is 1.55. The van der Waals surface area contributed by atoms with E-state index < -0.39 is 0 Å². The molecule has 198 valence electrons. The van der Waals surface area contributed by atoms with Gasteiger partial charge in [0.25, 0.3) is 0 Å². The Morgan fingerprint density at radius 3 is 2.42 bits per heavy atom. The van der Waals surface area contributed by atoms with Gasteiger partial charge in [-0.15, -0.1) is 0 Å². The largest absolute Gasteiger partial charge is 0.342 e. The van der Waals surface area contributed by atoms with Crippen LogP contribution in [0.2, 0.25) is 0 Å². The third-order valence-corrected chi connectivity index (χ3v) is 6.99. The predicted octanol–water partition coefficient (Wildman–Crippen LogP) is 2.74. The average Bonchev–Trinajstić information content (AvgIpc) is 3.49. The van der Waals surface area contributed by atoms with Gasteiger partial charge in [0.15, 0.2) is 5.78 Å². The Bertz CT molecular complexity index is 1250. The molecule has 10 heteroatoms. The number of carbonyl (C=O) groups is 2. The molecule has 1 aromatic carbocycles. The van der Waals surface area contributed by atoms with Gasteiger partial charge in [0.2, 0.25) is 17.8 Å². The molecule has 0 radical (unpaired) electrons. The van der Waals surface area contributed by atoms with Gasteiger partial charge in [0.05, 0.1) is 6.54 Å². The van der Waals surface area contributed by atoms with Crippen molar-refractivity contribution in [3.63, 3.8) is 0 Å². The van der Waals surface area contributed by atoms with Gasteiger partial charge in [-0.2, -0.15) is 15.0 Å². The van der Waals surface area contributed by atoms with Crippen molar-refractivity contribution >= 4 is 29.4 Å². The Balaban J connectivity index is 1.23. The summed E-state index contributed by atoms with van der Waals surface area (Å²) in [6.07, 6.45) is 4.83. The molecule has 4 heterocycles. The minimum Gasteiger partial charge on any atom is -0.342 e. The number of anilines is 3. The van der Waals surface area contributed by atoms with Crippen LogP contribution in [0.25, 0.3) is 0 Å². The number of likely N-dealkylation sites (tertiary alicyclic amines) is 1. The highest BCUT2D eigenvalue weighted by Crippen LogP contribution is 2.18. The molecule has 2 aliphatic heterocycles. The van der Waals surface area contributed by atoms with Crippen LogP contribution in [0.5, 0.6) is 0 Å². The molecule has 0 aliphatic carbocycles. The maximum atomic E-state index is 12.8. The molecule has 5 rings (SSSR count). The summed E-state index contributed by atoms with van der Waals surface area (Å²) in [4.78, 5) is 49.9. The van der Waals surface area contributed by atoms with Crippen LogP contribution < -0.4 is 10.2 Å². The van der Waals surface area contributed by atoms with Crippen LogP contribution in [-0.2, 0) is 17.6 Å². The number of amides is 1. The number of nitrogens with one attached hydrogen (secondary N) is 1. The first kappa shape index (κ1) is 25.7. The maximum Gasteiger partial charge on any atom is 0.236 e. The third-order valence-electron chi connectivity index (χ3n) is 6.99. The van der Waals surface area contributed by atoms with Crippen molar-refractivity contribution in [1.29, 1.82) is 0 Å². The number of nitrogens with zero attached hydrogens (tertiary/aromatic N) is 7. The van der Waals surface area contributed by atoms with Gasteiger partial charge in [-0.3, -0.25) is 14.5 Å². The molecule has 2 fully saturated rings. The van der Waals surface area contributed by atoms with Crippen LogP contribution >= 0.6 is 0 Å². The molecule has 2 aliphatic rings. The van der Waals surface area contributed by atoms with Crippen LogP contribution in [0.1, 0.15) is 41.5 Å². The molecular formula is C28H34N8O2. The summed E-state index contributed by atoms with van der Waals surface area (Å²) in [5, 5.41) is 3.17. The van der Waals surface area contributed by atoms with Crippen LogP contribution in [0.15, 0.2) is 48.7 Å². The van der Waals surface area contributed by atoms with Crippen molar-refractivity contribution in [3.05, 3.63) is 65.6 Å². The molecule has 1 N–H and O–H groups in total. The van der Waals surface area contributed by atoms with E-state index in [0.29, 0.717) is 48.5 Å². The van der Waals surface area contributed by atoms with Gasteiger partial charge in [-0.1, -0.05) is 37.3 Å². The van der Waals surface area contributed by atoms with Crippen molar-refractivity contribution < 1.29 is 9.59 Å². The number of aryl methyl sites for hydroxylation is 1. The summed E-state index contributed by atoms with van der Waals surface area (Å²) in [5.74, 6) is 2.45. The van der Waals surface area contributed by atoms with E-state index in [1.807, 2.05) is 42.2 Å². The van der Waals surface area contributed by atoms with Crippen LogP contribution in [0, 0.1) is 0 Å². The molecule has 0 spiro atoms. The maximum absolute atomic E-state index is 12.8. The van der Waals surface area contributed by atoms with Gasteiger partial charge in [-0.05, 0) is 30.5 Å². The number of aromatic nitrogens is 4. The van der Waals surface area contributed by atoms with Crippen LogP contribution in [-0.4, -0.2) is 87.2 Å². The zero-order valence-electron chi connectivity index (χ0n) is 21.8. The van der Waals surface area contributed by atoms with Crippen LogP contribution in [0.3, 0.4) is 0 Å². The summed E-state index contributed by atoms with van der Waals surface area (Å²) in [6, 6.07) is 13.1. The van der Waals surface area contributed by atoms with E-state index >= 15 is 0 Å². The number of Topliss-reactive ketones (excluding diaryl/α,β-unsaturated/α-hetero) is 1. The summed E-state index contributed by atoms with van der Waals surface area (Å²) in [7, 11) is 0. The third kappa shape index (κ3) is 6.49. The van der Waals surface area contributed by atoms with E-state index in [4.69, 9.17) is 0 Å². The van der Waals surface area contributed by atoms with E-state index in [1.54, 1.807) is 18.3 Å². The molecular weight excluding hydrogens is 480 g/mol. The molecule has 10 nitrogen and oxygen atoms in total. The van der Waals surface area contributed by atoms with Crippen molar-refractivity contribution in [3.8, 4) is 0 Å². The molecule has 0 bridgehead atoms. The van der Waals surface area contributed by atoms with E-state index in [0.717, 1.165) is 57.7 Å². The number of ketones is 1. The zero-order chi connectivity index (χ0) is 26.3. The molecule has 0 saturated carbocycles. The standard InChI is InChI=1S/C28H34N8O2/c1-2-24-30-27(31-25-19-22(10-11-29-25)23(37)18-21-8-4-3-5-9-21)33-28(32-24)36-16-14-34(15-17-36)20-26(38)35-12-6-7-13-35/h3-5,8-11,19H,2,6-7,12-18,20H2,1H3,(H,29,30,31,32,33). The first-order valence-corrected chi connectivity index (χ1v) is 13.4. The number of benzene rings is 1. The molecule has 1 amide bonds. The van der Waals surface area contributed by atoms with Crippen molar-refractivity contribution in [2.24, 2.45) is 0 Å². The number of hydrogen-bond donors (Lipinski definition) is 1. The predicted molar refractivity (Wildman–Crippen MR) is 146 cm³/mol. The van der Waals surface area contributed by atoms with Gasteiger partial charge >= 0.3 is 0 Å². The summed E-state index contributed by atoms with van der Waals surface area (Å²) >= 11 is 0. The van der Waals surface area contributed by atoms with Gasteiger partial charge < -0.3 is 15.1 Å². The second kappa shape index (κ2) is 12.1. The highest BCUT2D eigenvalue weighted by molar-refractivity contribution is 5.98. The lowest BCUT2D eigenvalue weighted by Crippen LogP contribution is -2.50. The second-order valence-corrected chi connectivity index (χ2v) is 9.72. The second-order valence-electron chi connectivity index (χ2n) is 9.72. The number of rotatable bonds is 9. The topological polar surface area (TPSA) is 107 Å². The molecule has 2 saturated heterocycles. The Morgan fingerprint density at radius 2 is 1.68 bits per heavy atom. The number of carbonyl (C=O) groups excluding carboxylic acids is 2. The number of piperazine rings is 1. The van der Waals surface area contributed by atoms with Crippen molar-refractivity contribution in [2.45, 2.75) is 32.6 Å². The van der Waals surface area contributed by atoms with E-state index in [-0.39, 0.29) is 11.7 Å². The molecule has 3 aromatic rings. The van der Waals surface area contributed by atoms with E-state index in [2.05, 4.69) is 35.1 Å². The van der Waals surface area contributed by atoms with Crippen LogP contribution in [0.4, 0.5) is 17.7 Å². The first-order valence-electron chi connectivity index (χ1n) is 13.4. The lowest BCUT2D eigenvalue weighted by molar-refractivity contribution is -0.131. The Labute approximate surface area is 223 Å². The van der Waals surface area contributed by atoms with Crippen molar-refractivity contribution in [2.75, 3.05) is 56.0 Å². The fraction of sp³-hybridized carbons (Fsp3) is 0.429. The van der Waals surface area contributed by atoms with Gasteiger partial charge in [0, 0.05) is 63.9 Å². The Morgan fingerprint density at radius 1 is 0.921 bits per heavy atom. The SMILES string of the molecule is CCc1nc(Nc2cc(C(=O)Cc3ccccc3)ccn2)nc(N2CCN(CC(=O)N3CCCC3)CC2)n1. The lowest BCUT2D eigenvalue weighted by Gasteiger charge is -2.35. The highest BCUT2D eigenvalue weighted by atomic mass is 16.2. The quantitative estimate of drug-likeness (QED) is 0.431. The molecule has 0 unspecified atom stereocenters. The van der Waals surface area contributed by atoms with Gasteiger partial charge in [-0.25, -0.2) is 4.98 Å². The van der Waals surface area contributed by atoms with E-state index in [9.17, 15) is 9.59 Å². The minimum absolute atomic E-state index is 0.0216. The molecule has 0 atom stereocenters. The fourth-order valence-corrected chi connectivity index (χ4v) is 4.80. The Kier molecular flexibility index (Phi) is 8.18. The highest BCUT2D eigenvalue weighted by Gasteiger charge is 2.25. The normalized spacial score (nSPS) is 16.0.